The van der Waals surface area contributed by atoms with Gasteiger partial charge in [0, 0.05) is 18.3 Å². The summed E-state index contributed by atoms with van der Waals surface area (Å²) in [6.45, 7) is 7.21. The van der Waals surface area contributed by atoms with Crippen LogP contribution in [0.2, 0.25) is 0 Å². The van der Waals surface area contributed by atoms with Gasteiger partial charge in [-0.05, 0) is 32.9 Å². The van der Waals surface area contributed by atoms with Gasteiger partial charge in [0.25, 0.3) is 0 Å². The molecule has 0 aliphatic rings. The van der Waals surface area contributed by atoms with Gasteiger partial charge in [-0.15, -0.1) is 0 Å². The molecule has 4 nitrogen and oxygen atoms in total. The Kier molecular flexibility index (Phi) is 4.61. The third-order valence-electron chi connectivity index (χ3n) is 3.01. The molecule has 0 saturated carbocycles. The Balaban J connectivity index is 2.12. The van der Waals surface area contributed by atoms with Crippen LogP contribution in [-0.4, -0.2) is 16.2 Å². The van der Waals surface area contributed by atoms with Crippen LogP contribution < -0.4 is 10.1 Å². The van der Waals surface area contributed by atoms with Crippen molar-refractivity contribution in [2.45, 2.75) is 33.4 Å². The van der Waals surface area contributed by atoms with Crippen molar-refractivity contribution in [3.8, 4) is 5.75 Å². The maximum Gasteiger partial charge on any atom is 0.145 e. The Morgan fingerprint density at radius 1 is 1.40 bits per heavy atom. The monoisotopic (exact) mass is 277 g/mol. The molecule has 0 unspecified atom stereocenters. The average molecular weight is 277 g/mol. The summed E-state index contributed by atoms with van der Waals surface area (Å²) in [6.07, 6.45) is 3.65. The zero-order chi connectivity index (χ0) is 14.5. The number of benzene rings is 1. The lowest BCUT2D eigenvalue weighted by Gasteiger charge is -2.15. The second-order valence-electron chi connectivity index (χ2n) is 4.81. The minimum Gasteiger partial charge on any atom is -0.492 e. The van der Waals surface area contributed by atoms with E-state index in [-0.39, 0.29) is 5.82 Å². The largest absolute Gasteiger partial charge is 0.492 e. The van der Waals surface area contributed by atoms with Gasteiger partial charge in [0.2, 0.25) is 0 Å². The summed E-state index contributed by atoms with van der Waals surface area (Å²) in [5, 5.41) is 3.27. The molecule has 0 fully saturated rings. The summed E-state index contributed by atoms with van der Waals surface area (Å²) in [6, 6.07) is 4.86. The zero-order valence-corrected chi connectivity index (χ0v) is 12.1. The Labute approximate surface area is 118 Å². The van der Waals surface area contributed by atoms with E-state index in [1.165, 1.54) is 12.1 Å². The smallest absolute Gasteiger partial charge is 0.145 e. The van der Waals surface area contributed by atoms with Crippen molar-refractivity contribution >= 4 is 5.69 Å². The maximum atomic E-state index is 13.2. The topological polar surface area (TPSA) is 39.1 Å². The van der Waals surface area contributed by atoms with Crippen LogP contribution >= 0.6 is 0 Å². The first-order chi connectivity index (χ1) is 9.61. The molecule has 1 aromatic heterocycles. The Bertz CT molecular complexity index is 566. The van der Waals surface area contributed by atoms with E-state index in [2.05, 4.69) is 28.7 Å². The molecule has 1 aromatic carbocycles. The SMILES string of the molecule is CCOc1cc(F)ccc1NCc1cncn1C(C)C. The van der Waals surface area contributed by atoms with Gasteiger partial charge in [-0.2, -0.15) is 0 Å². The molecule has 1 heterocycles. The Hall–Kier alpha value is -2.04. The number of hydrogen-bond donors (Lipinski definition) is 1. The number of anilines is 1. The summed E-state index contributed by atoms with van der Waals surface area (Å²) in [4.78, 5) is 4.16. The molecule has 0 spiro atoms. The number of hydrogen-bond acceptors (Lipinski definition) is 3. The Morgan fingerprint density at radius 3 is 2.90 bits per heavy atom. The number of nitrogens with one attached hydrogen (secondary N) is 1. The van der Waals surface area contributed by atoms with E-state index in [9.17, 15) is 4.39 Å². The highest BCUT2D eigenvalue weighted by Gasteiger charge is 2.08. The lowest BCUT2D eigenvalue weighted by atomic mass is 10.2. The van der Waals surface area contributed by atoms with Gasteiger partial charge < -0.3 is 14.6 Å². The van der Waals surface area contributed by atoms with Crippen LogP contribution in [0, 0.1) is 5.82 Å². The summed E-state index contributed by atoms with van der Waals surface area (Å²) in [5.41, 5.74) is 1.86. The molecule has 0 amide bonds. The van der Waals surface area contributed by atoms with Gasteiger partial charge >= 0.3 is 0 Å². The average Bonchev–Trinajstić information content (AvgIpc) is 2.87. The van der Waals surface area contributed by atoms with Crippen molar-refractivity contribution in [2.24, 2.45) is 0 Å². The predicted molar refractivity (Wildman–Crippen MR) is 77.5 cm³/mol. The molecule has 5 heteroatoms. The van der Waals surface area contributed by atoms with E-state index in [4.69, 9.17) is 4.74 Å². The molecule has 0 radical (unpaired) electrons. The van der Waals surface area contributed by atoms with Crippen LogP contribution in [0.15, 0.2) is 30.7 Å². The van der Waals surface area contributed by atoms with Gasteiger partial charge in [-0.1, -0.05) is 0 Å². The maximum absolute atomic E-state index is 13.2. The summed E-state index contributed by atoms with van der Waals surface area (Å²) in [5.74, 6) is 0.231. The fourth-order valence-electron chi connectivity index (χ4n) is 2.04. The van der Waals surface area contributed by atoms with E-state index in [0.717, 1.165) is 11.4 Å². The highest BCUT2D eigenvalue weighted by atomic mass is 19.1. The number of rotatable bonds is 6. The van der Waals surface area contributed by atoms with Crippen molar-refractivity contribution in [1.82, 2.24) is 9.55 Å². The van der Waals surface area contributed by atoms with E-state index in [1.807, 2.05) is 19.4 Å². The van der Waals surface area contributed by atoms with Gasteiger partial charge in [0.1, 0.15) is 11.6 Å². The van der Waals surface area contributed by atoms with Crippen LogP contribution in [0.5, 0.6) is 5.75 Å². The second-order valence-corrected chi connectivity index (χ2v) is 4.81. The molecule has 2 aromatic rings. The van der Waals surface area contributed by atoms with Crippen molar-refractivity contribution in [3.63, 3.8) is 0 Å². The minimum absolute atomic E-state index is 0.300. The molecule has 1 N–H and O–H groups in total. The van der Waals surface area contributed by atoms with Gasteiger partial charge in [0.05, 0.1) is 30.9 Å². The third kappa shape index (κ3) is 3.29. The number of aromatic nitrogens is 2. The number of halogens is 1. The Morgan fingerprint density at radius 2 is 2.20 bits per heavy atom. The molecule has 0 atom stereocenters. The van der Waals surface area contributed by atoms with Crippen LogP contribution in [0.1, 0.15) is 32.5 Å². The van der Waals surface area contributed by atoms with Gasteiger partial charge in [-0.25, -0.2) is 9.37 Å². The van der Waals surface area contributed by atoms with E-state index in [1.54, 1.807) is 6.07 Å². The van der Waals surface area contributed by atoms with E-state index in [0.29, 0.717) is 24.9 Å². The fourth-order valence-corrected chi connectivity index (χ4v) is 2.04. The summed E-state index contributed by atoms with van der Waals surface area (Å²) >= 11 is 0. The first kappa shape index (κ1) is 14.4. The standard InChI is InChI=1S/C15H20FN3O/c1-4-20-15-7-12(16)5-6-14(15)18-9-13-8-17-10-19(13)11(2)3/h5-8,10-11,18H,4,9H2,1-3H3. The minimum atomic E-state index is -0.300. The third-order valence-corrected chi connectivity index (χ3v) is 3.01. The number of nitrogens with zero attached hydrogens (tertiary/aromatic N) is 2. The molecule has 0 aliphatic carbocycles. The van der Waals surface area contributed by atoms with Crippen LogP contribution in [-0.2, 0) is 6.54 Å². The molecule has 20 heavy (non-hydrogen) atoms. The van der Waals surface area contributed by atoms with Crippen molar-refractivity contribution < 1.29 is 9.13 Å². The van der Waals surface area contributed by atoms with Crippen molar-refractivity contribution in [3.05, 3.63) is 42.2 Å². The van der Waals surface area contributed by atoms with Crippen molar-refractivity contribution in [1.29, 1.82) is 0 Å². The first-order valence-corrected chi connectivity index (χ1v) is 6.78. The molecular formula is C15H20FN3O. The first-order valence-electron chi connectivity index (χ1n) is 6.78. The molecule has 0 saturated heterocycles. The highest BCUT2D eigenvalue weighted by molar-refractivity contribution is 5.56. The van der Waals surface area contributed by atoms with Crippen LogP contribution in [0.3, 0.4) is 0 Å². The van der Waals surface area contributed by atoms with E-state index >= 15 is 0 Å². The highest BCUT2D eigenvalue weighted by Crippen LogP contribution is 2.26. The molecule has 2 rings (SSSR count). The zero-order valence-electron chi connectivity index (χ0n) is 12.1. The lowest BCUT2D eigenvalue weighted by molar-refractivity contribution is 0.339. The normalized spacial score (nSPS) is 10.8. The number of ether oxygens (including phenoxy) is 1. The fraction of sp³-hybridized carbons (Fsp3) is 0.400. The molecule has 108 valence electrons. The summed E-state index contributed by atoms with van der Waals surface area (Å²) < 4.78 is 20.8. The van der Waals surface area contributed by atoms with E-state index < -0.39 is 0 Å². The number of imidazole rings is 1. The van der Waals surface area contributed by atoms with Crippen LogP contribution in [0.4, 0.5) is 10.1 Å². The van der Waals surface area contributed by atoms with Gasteiger partial charge in [-0.3, -0.25) is 0 Å². The van der Waals surface area contributed by atoms with Crippen molar-refractivity contribution in [2.75, 3.05) is 11.9 Å². The lowest BCUT2D eigenvalue weighted by Crippen LogP contribution is -2.09. The quantitative estimate of drug-likeness (QED) is 0.876. The molecular weight excluding hydrogens is 257 g/mol. The predicted octanol–water partition coefficient (Wildman–Crippen LogP) is 3.61. The molecule has 0 bridgehead atoms. The van der Waals surface area contributed by atoms with Gasteiger partial charge in [0.15, 0.2) is 0 Å². The summed E-state index contributed by atoms with van der Waals surface area (Å²) in [7, 11) is 0. The molecule has 0 aliphatic heterocycles. The van der Waals surface area contributed by atoms with Crippen LogP contribution in [0.25, 0.3) is 0 Å². The second kappa shape index (κ2) is 6.41.